The first-order chi connectivity index (χ1) is 8.97. The highest BCUT2D eigenvalue weighted by atomic mass is 79.9. The van der Waals surface area contributed by atoms with E-state index in [0.717, 1.165) is 10.0 Å². The van der Waals surface area contributed by atoms with Crippen molar-refractivity contribution in [1.82, 2.24) is 0 Å². The fraction of sp³-hybridized carbons (Fsp3) is 0.0714. The highest BCUT2D eigenvalue weighted by Crippen LogP contribution is 2.24. The zero-order valence-electron chi connectivity index (χ0n) is 9.79. The highest BCUT2D eigenvalue weighted by molar-refractivity contribution is 9.10. The van der Waals surface area contributed by atoms with E-state index in [2.05, 4.69) is 15.9 Å². The Morgan fingerprint density at radius 3 is 2.47 bits per heavy atom. The molecule has 0 heterocycles. The summed E-state index contributed by atoms with van der Waals surface area (Å²) in [7, 11) is 0. The second kappa shape index (κ2) is 5.95. The first-order valence-electron chi connectivity index (χ1n) is 5.49. The van der Waals surface area contributed by atoms with Gasteiger partial charge in [-0.2, -0.15) is 0 Å². The number of halogens is 3. The van der Waals surface area contributed by atoms with E-state index in [1.54, 1.807) is 24.3 Å². The molecule has 0 bridgehead atoms. The SMILES string of the molecule is Nc1cc(C(=O)Cc2ccc(Br)cc2Cl)ccc1Cl. The van der Waals surface area contributed by atoms with E-state index >= 15 is 0 Å². The van der Waals surface area contributed by atoms with Crippen molar-refractivity contribution in [3.63, 3.8) is 0 Å². The van der Waals surface area contributed by atoms with Crippen molar-refractivity contribution >= 4 is 50.6 Å². The van der Waals surface area contributed by atoms with Crippen molar-refractivity contribution < 1.29 is 4.79 Å². The fourth-order valence-corrected chi connectivity index (χ4v) is 2.52. The van der Waals surface area contributed by atoms with Gasteiger partial charge in [0.2, 0.25) is 0 Å². The smallest absolute Gasteiger partial charge is 0.167 e. The average molecular weight is 359 g/mol. The van der Waals surface area contributed by atoms with Crippen LogP contribution in [0.25, 0.3) is 0 Å². The molecule has 0 amide bonds. The summed E-state index contributed by atoms with van der Waals surface area (Å²) in [6, 6.07) is 10.3. The van der Waals surface area contributed by atoms with Gasteiger partial charge in [0.15, 0.2) is 5.78 Å². The Kier molecular flexibility index (Phi) is 4.50. The molecular formula is C14H10BrCl2NO. The molecule has 0 fully saturated rings. The van der Waals surface area contributed by atoms with Gasteiger partial charge in [-0.3, -0.25) is 4.79 Å². The maximum Gasteiger partial charge on any atom is 0.167 e. The van der Waals surface area contributed by atoms with Crippen LogP contribution in [0.1, 0.15) is 15.9 Å². The molecular weight excluding hydrogens is 349 g/mol. The Balaban J connectivity index is 2.23. The normalized spacial score (nSPS) is 10.5. The lowest BCUT2D eigenvalue weighted by molar-refractivity contribution is 0.0993. The summed E-state index contributed by atoms with van der Waals surface area (Å²) in [6.45, 7) is 0. The van der Waals surface area contributed by atoms with Gasteiger partial charge in [0, 0.05) is 21.5 Å². The van der Waals surface area contributed by atoms with E-state index in [9.17, 15) is 4.79 Å². The van der Waals surface area contributed by atoms with Crippen molar-refractivity contribution in [3.05, 3.63) is 62.0 Å². The summed E-state index contributed by atoms with van der Waals surface area (Å²) in [5, 5.41) is 1.00. The minimum atomic E-state index is -0.0485. The largest absolute Gasteiger partial charge is 0.398 e. The van der Waals surface area contributed by atoms with E-state index < -0.39 is 0 Å². The topological polar surface area (TPSA) is 43.1 Å². The molecule has 2 nitrogen and oxygen atoms in total. The summed E-state index contributed by atoms with van der Waals surface area (Å²) >= 11 is 15.2. The number of hydrogen-bond donors (Lipinski definition) is 1. The zero-order chi connectivity index (χ0) is 14.0. The molecule has 0 saturated heterocycles. The van der Waals surface area contributed by atoms with E-state index in [0.29, 0.717) is 21.3 Å². The van der Waals surface area contributed by atoms with E-state index in [-0.39, 0.29) is 12.2 Å². The zero-order valence-corrected chi connectivity index (χ0v) is 12.9. The van der Waals surface area contributed by atoms with Crippen molar-refractivity contribution in [3.8, 4) is 0 Å². The minimum Gasteiger partial charge on any atom is -0.398 e. The van der Waals surface area contributed by atoms with E-state index in [1.165, 1.54) is 0 Å². The predicted octanol–water partition coefficient (Wildman–Crippen LogP) is 4.76. The molecule has 0 aliphatic rings. The first-order valence-corrected chi connectivity index (χ1v) is 7.04. The van der Waals surface area contributed by atoms with Crippen molar-refractivity contribution in [2.75, 3.05) is 5.73 Å². The van der Waals surface area contributed by atoms with Crippen LogP contribution in [0.3, 0.4) is 0 Å². The van der Waals surface area contributed by atoms with E-state index in [1.807, 2.05) is 12.1 Å². The van der Waals surface area contributed by atoms with Gasteiger partial charge in [0.05, 0.1) is 10.7 Å². The molecule has 2 aromatic rings. The van der Waals surface area contributed by atoms with Crippen LogP contribution in [0, 0.1) is 0 Å². The van der Waals surface area contributed by atoms with Gasteiger partial charge >= 0.3 is 0 Å². The monoisotopic (exact) mass is 357 g/mol. The molecule has 0 saturated carbocycles. The maximum absolute atomic E-state index is 12.1. The van der Waals surface area contributed by atoms with Gasteiger partial charge in [-0.25, -0.2) is 0 Å². The Morgan fingerprint density at radius 2 is 1.84 bits per heavy atom. The Bertz CT molecular complexity index is 643. The molecule has 0 radical (unpaired) electrons. The predicted molar refractivity (Wildman–Crippen MR) is 83.1 cm³/mol. The Hall–Kier alpha value is -1.03. The lowest BCUT2D eigenvalue weighted by Crippen LogP contribution is -2.05. The molecule has 0 aliphatic carbocycles. The second-order valence-electron chi connectivity index (χ2n) is 4.07. The van der Waals surface area contributed by atoms with Gasteiger partial charge in [-0.05, 0) is 35.9 Å². The maximum atomic E-state index is 12.1. The van der Waals surface area contributed by atoms with Crippen molar-refractivity contribution in [2.24, 2.45) is 0 Å². The molecule has 0 aliphatic heterocycles. The average Bonchev–Trinajstić information content (AvgIpc) is 2.36. The highest BCUT2D eigenvalue weighted by Gasteiger charge is 2.11. The molecule has 98 valence electrons. The van der Waals surface area contributed by atoms with Crippen molar-refractivity contribution in [2.45, 2.75) is 6.42 Å². The van der Waals surface area contributed by atoms with Crippen LogP contribution < -0.4 is 5.73 Å². The summed E-state index contributed by atoms with van der Waals surface area (Å²) in [6.07, 6.45) is 0.229. The molecule has 5 heteroatoms. The van der Waals surface area contributed by atoms with Gasteiger partial charge < -0.3 is 5.73 Å². The van der Waals surface area contributed by atoms with Crippen molar-refractivity contribution in [1.29, 1.82) is 0 Å². The third-order valence-corrected chi connectivity index (χ3v) is 3.87. The Morgan fingerprint density at radius 1 is 1.11 bits per heavy atom. The number of benzene rings is 2. The van der Waals surface area contributed by atoms with Gasteiger partial charge in [-0.15, -0.1) is 0 Å². The summed E-state index contributed by atoms with van der Waals surface area (Å²) < 4.78 is 0.879. The summed E-state index contributed by atoms with van der Waals surface area (Å²) in [5.41, 5.74) is 7.39. The molecule has 0 atom stereocenters. The molecule has 0 aromatic heterocycles. The second-order valence-corrected chi connectivity index (χ2v) is 5.80. The first kappa shape index (κ1) is 14.4. The van der Waals surface area contributed by atoms with Crippen LogP contribution in [0.5, 0.6) is 0 Å². The number of anilines is 1. The van der Waals surface area contributed by atoms with Crippen LogP contribution in [0.2, 0.25) is 10.0 Å². The summed E-state index contributed by atoms with van der Waals surface area (Å²) in [4.78, 5) is 12.1. The van der Waals surface area contributed by atoms with Crippen LogP contribution in [0.15, 0.2) is 40.9 Å². The van der Waals surface area contributed by atoms with Crippen LogP contribution in [-0.2, 0) is 6.42 Å². The van der Waals surface area contributed by atoms with Crippen LogP contribution >= 0.6 is 39.1 Å². The number of nitrogens with two attached hydrogens (primary N) is 1. The minimum absolute atomic E-state index is 0.0485. The number of Topliss-reactive ketones (excluding diaryl/α,β-unsaturated/α-hetero) is 1. The number of carbonyl (C=O) groups excluding carboxylic acids is 1. The van der Waals surface area contributed by atoms with Crippen LogP contribution in [-0.4, -0.2) is 5.78 Å². The van der Waals surface area contributed by atoms with Gasteiger partial charge in [-0.1, -0.05) is 45.2 Å². The quantitative estimate of drug-likeness (QED) is 0.634. The fourth-order valence-electron chi connectivity index (χ4n) is 1.66. The molecule has 2 N–H and O–H groups in total. The lowest BCUT2D eigenvalue weighted by atomic mass is 10.0. The number of nitrogen functional groups attached to an aromatic ring is 1. The Labute approximate surface area is 129 Å². The van der Waals surface area contributed by atoms with Gasteiger partial charge in [0.25, 0.3) is 0 Å². The number of hydrogen-bond acceptors (Lipinski definition) is 2. The molecule has 0 spiro atoms. The lowest BCUT2D eigenvalue weighted by Gasteiger charge is -2.06. The molecule has 2 rings (SSSR count). The number of rotatable bonds is 3. The number of carbonyl (C=O) groups is 1. The van der Waals surface area contributed by atoms with Gasteiger partial charge in [0.1, 0.15) is 0 Å². The summed E-state index contributed by atoms with van der Waals surface area (Å²) in [5.74, 6) is -0.0485. The number of ketones is 1. The standard InChI is InChI=1S/C14H10BrCl2NO/c15-10-3-1-8(12(17)7-10)6-14(19)9-2-4-11(16)13(18)5-9/h1-5,7H,6,18H2. The molecule has 19 heavy (non-hydrogen) atoms. The van der Waals surface area contributed by atoms with E-state index in [4.69, 9.17) is 28.9 Å². The third-order valence-electron chi connectivity index (χ3n) is 2.68. The third kappa shape index (κ3) is 3.50. The molecule has 2 aromatic carbocycles. The van der Waals surface area contributed by atoms with Crippen LogP contribution in [0.4, 0.5) is 5.69 Å². The molecule has 0 unspecified atom stereocenters.